The van der Waals surface area contributed by atoms with E-state index in [4.69, 9.17) is 0 Å². The molecule has 0 saturated carbocycles. The predicted molar refractivity (Wildman–Crippen MR) is 49.1 cm³/mol. The van der Waals surface area contributed by atoms with Crippen molar-refractivity contribution in [2.75, 3.05) is 6.54 Å². The summed E-state index contributed by atoms with van der Waals surface area (Å²) in [6, 6.07) is 3.92. The molecule has 3 nitrogen and oxygen atoms in total. The largest absolute Gasteiger partial charge is 0.356 e. The fourth-order valence-corrected chi connectivity index (χ4v) is 1.64. The van der Waals surface area contributed by atoms with Gasteiger partial charge in [0.05, 0.1) is 0 Å². The topological polar surface area (TPSA) is 42.0 Å². The van der Waals surface area contributed by atoms with Gasteiger partial charge in [-0.05, 0) is 24.5 Å². The van der Waals surface area contributed by atoms with Gasteiger partial charge in [0.2, 0.25) is 5.91 Å². The van der Waals surface area contributed by atoms with Crippen LogP contribution >= 0.6 is 0 Å². The van der Waals surface area contributed by atoms with Crippen molar-refractivity contribution in [1.29, 1.82) is 0 Å². The number of nitrogens with one attached hydrogen (secondary N) is 1. The first kappa shape index (κ1) is 8.23. The molecule has 0 aliphatic carbocycles. The van der Waals surface area contributed by atoms with Crippen LogP contribution in [0.25, 0.3) is 0 Å². The van der Waals surface area contributed by atoms with Gasteiger partial charge in [-0.25, -0.2) is 0 Å². The normalized spacial score (nSPS) is 21.5. The van der Waals surface area contributed by atoms with Crippen molar-refractivity contribution < 1.29 is 4.79 Å². The van der Waals surface area contributed by atoms with E-state index in [2.05, 4.69) is 10.3 Å². The Morgan fingerprint density at radius 1 is 1.62 bits per heavy atom. The molecular weight excluding hydrogens is 164 g/mol. The first-order valence-electron chi connectivity index (χ1n) is 4.53. The summed E-state index contributed by atoms with van der Waals surface area (Å²) in [5.74, 6) is 0.341. The SMILES string of the molecule is O=C1NCCC1Cc1cccnc1. The second-order valence-corrected chi connectivity index (χ2v) is 3.34. The van der Waals surface area contributed by atoms with Crippen LogP contribution in [0, 0.1) is 5.92 Å². The van der Waals surface area contributed by atoms with Crippen LogP contribution in [0.3, 0.4) is 0 Å². The molecule has 0 radical (unpaired) electrons. The van der Waals surface area contributed by atoms with E-state index in [0.717, 1.165) is 24.9 Å². The maximum atomic E-state index is 11.2. The van der Waals surface area contributed by atoms with Crippen molar-refractivity contribution in [3.05, 3.63) is 30.1 Å². The summed E-state index contributed by atoms with van der Waals surface area (Å²) in [5, 5.41) is 2.83. The standard InChI is InChI=1S/C10H12N2O/c13-10-9(3-5-12-10)6-8-2-1-4-11-7-8/h1-2,4,7,9H,3,5-6H2,(H,12,13). The molecule has 1 amide bonds. The Hall–Kier alpha value is -1.38. The molecule has 13 heavy (non-hydrogen) atoms. The molecule has 0 bridgehead atoms. The molecule has 1 aromatic heterocycles. The molecular formula is C10H12N2O. The molecule has 1 unspecified atom stereocenters. The number of hydrogen-bond acceptors (Lipinski definition) is 2. The van der Waals surface area contributed by atoms with E-state index in [1.54, 1.807) is 6.20 Å². The summed E-state index contributed by atoms with van der Waals surface area (Å²) in [6.45, 7) is 0.823. The van der Waals surface area contributed by atoms with Crippen molar-refractivity contribution in [3.63, 3.8) is 0 Å². The van der Waals surface area contributed by atoms with Crippen LogP contribution in [0.2, 0.25) is 0 Å². The fourth-order valence-electron chi connectivity index (χ4n) is 1.64. The highest BCUT2D eigenvalue weighted by atomic mass is 16.2. The molecule has 1 aliphatic rings. The van der Waals surface area contributed by atoms with Gasteiger partial charge in [0, 0.05) is 24.9 Å². The average Bonchev–Trinajstić information content (AvgIpc) is 2.54. The Morgan fingerprint density at radius 3 is 3.15 bits per heavy atom. The van der Waals surface area contributed by atoms with Crippen molar-refractivity contribution in [1.82, 2.24) is 10.3 Å². The van der Waals surface area contributed by atoms with Gasteiger partial charge >= 0.3 is 0 Å². The molecule has 0 spiro atoms. The van der Waals surface area contributed by atoms with E-state index in [9.17, 15) is 4.79 Å². The minimum Gasteiger partial charge on any atom is -0.356 e. The molecule has 3 heteroatoms. The van der Waals surface area contributed by atoms with Crippen LogP contribution in [0.4, 0.5) is 0 Å². The smallest absolute Gasteiger partial charge is 0.223 e. The van der Waals surface area contributed by atoms with Gasteiger partial charge in [-0.2, -0.15) is 0 Å². The minimum atomic E-state index is 0.157. The Kier molecular flexibility index (Phi) is 2.25. The van der Waals surface area contributed by atoms with E-state index in [1.165, 1.54) is 0 Å². The molecule has 1 aromatic rings. The molecule has 68 valence electrons. The number of carbonyl (C=O) groups excluding carboxylic acids is 1. The lowest BCUT2D eigenvalue weighted by molar-refractivity contribution is -0.122. The summed E-state index contributed by atoms with van der Waals surface area (Å²) in [7, 11) is 0. The number of carbonyl (C=O) groups is 1. The highest BCUT2D eigenvalue weighted by Crippen LogP contribution is 2.15. The lowest BCUT2D eigenvalue weighted by Crippen LogP contribution is -2.20. The third kappa shape index (κ3) is 1.86. The summed E-state index contributed by atoms with van der Waals surface area (Å²) < 4.78 is 0. The van der Waals surface area contributed by atoms with Gasteiger partial charge in [0.15, 0.2) is 0 Å². The monoisotopic (exact) mass is 176 g/mol. The second kappa shape index (κ2) is 3.56. The third-order valence-corrected chi connectivity index (χ3v) is 2.37. The van der Waals surface area contributed by atoms with Crippen LogP contribution in [0.1, 0.15) is 12.0 Å². The fraction of sp³-hybridized carbons (Fsp3) is 0.400. The van der Waals surface area contributed by atoms with Crippen molar-refractivity contribution >= 4 is 5.91 Å². The molecule has 2 heterocycles. The van der Waals surface area contributed by atoms with E-state index < -0.39 is 0 Å². The maximum Gasteiger partial charge on any atom is 0.223 e. The van der Waals surface area contributed by atoms with Crippen LogP contribution in [0.5, 0.6) is 0 Å². The third-order valence-electron chi connectivity index (χ3n) is 2.37. The zero-order chi connectivity index (χ0) is 9.10. The lowest BCUT2D eigenvalue weighted by atomic mass is 9.99. The van der Waals surface area contributed by atoms with E-state index in [0.29, 0.717) is 0 Å². The van der Waals surface area contributed by atoms with Gasteiger partial charge in [0.1, 0.15) is 0 Å². The zero-order valence-electron chi connectivity index (χ0n) is 7.36. The van der Waals surface area contributed by atoms with E-state index in [1.807, 2.05) is 18.3 Å². The quantitative estimate of drug-likeness (QED) is 0.722. The Balaban J connectivity index is 2.02. The molecule has 0 aromatic carbocycles. The molecule has 1 aliphatic heterocycles. The summed E-state index contributed by atoms with van der Waals surface area (Å²) in [6.07, 6.45) is 5.34. The van der Waals surface area contributed by atoms with Crippen LogP contribution in [-0.2, 0) is 11.2 Å². The van der Waals surface area contributed by atoms with Gasteiger partial charge in [0.25, 0.3) is 0 Å². The Bertz CT molecular complexity index is 297. The Labute approximate surface area is 77.2 Å². The van der Waals surface area contributed by atoms with E-state index >= 15 is 0 Å². The lowest BCUT2D eigenvalue weighted by Gasteiger charge is -2.05. The van der Waals surface area contributed by atoms with Gasteiger partial charge < -0.3 is 5.32 Å². The molecule has 2 rings (SSSR count). The second-order valence-electron chi connectivity index (χ2n) is 3.34. The number of nitrogens with zero attached hydrogens (tertiary/aromatic N) is 1. The number of rotatable bonds is 2. The van der Waals surface area contributed by atoms with Crippen molar-refractivity contribution in [3.8, 4) is 0 Å². The molecule has 1 N–H and O–H groups in total. The van der Waals surface area contributed by atoms with Gasteiger partial charge in [-0.1, -0.05) is 6.07 Å². The number of pyridine rings is 1. The summed E-state index contributed by atoms with van der Waals surface area (Å²) >= 11 is 0. The number of amides is 1. The molecule has 1 saturated heterocycles. The molecule has 1 atom stereocenters. The number of aromatic nitrogens is 1. The highest BCUT2D eigenvalue weighted by Gasteiger charge is 2.23. The van der Waals surface area contributed by atoms with Crippen molar-refractivity contribution in [2.24, 2.45) is 5.92 Å². The first-order chi connectivity index (χ1) is 6.36. The molecule has 1 fully saturated rings. The maximum absolute atomic E-state index is 11.2. The first-order valence-corrected chi connectivity index (χ1v) is 4.53. The summed E-state index contributed by atoms with van der Waals surface area (Å²) in [4.78, 5) is 15.3. The van der Waals surface area contributed by atoms with Crippen LogP contribution < -0.4 is 5.32 Å². The summed E-state index contributed by atoms with van der Waals surface area (Å²) in [5.41, 5.74) is 1.14. The average molecular weight is 176 g/mol. The highest BCUT2D eigenvalue weighted by molar-refractivity contribution is 5.80. The van der Waals surface area contributed by atoms with Crippen LogP contribution in [-0.4, -0.2) is 17.4 Å². The van der Waals surface area contributed by atoms with E-state index in [-0.39, 0.29) is 11.8 Å². The number of hydrogen-bond donors (Lipinski definition) is 1. The van der Waals surface area contributed by atoms with Crippen molar-refractivity contribution in [2.45, 2.75) is 12.8 Å². The minimum absolute atomic E-state index is 0.157. The predicted octanol–water partition coefficient (Wildman–Crippen LogP) is 0.760. The van der Waals surface area contributed by atoms with Crippen LogP contribution in [0.15, 0.2) is 24.5 Å². The van der Waals surface area contributed by atoms with Gasteiger partial charge in [-0.15, -0.1) is 0 Å². The Morgan fingerprint density at radius 2 is 2.54 bits per heavy atom. The zero-order valence-corrected chi connectivity index (χ0v) is 7.36. The van der Waals surface area contributed by atoms with Gasteiger partial charge in [-0.3, -0.25) is 9.78 Å².